The highest BCUT2D eigenvalue weighted by Crippen LogP contribution is 2.20. The van der Waals surface area contributed by atoms with E-state index in [0.29, 0.717) is 11.3 Å². The first kappa shape index (κ1) is 22.2. The van der Waals surface area contributed by atoms with Gasteiger partial charge in [-0.1, -0.05) is 24.3 Å². The summed E-state index contributed by atoms with van der Waals surface area (Å²) >= 11 is 0. The van der Waals surface area contributed by atoms with Crippen molar-refractivity contribution in [2.75, 3.05) is 11.6 Å². The van der Waals surface area contributed by atoms with Crippen LogP contribution in [0.2, 0.25) is 0 Å². The Hall–Kier alpha value is -3.52. The van der Waals surface area contributed by atoms with Crippen molar-refractivity contribution in [3.63, 3.8) is 0 Å². The monoisotopic (exact) mass is 440 g/mol. The normalized spacial score (nSPS) is 12.1. The van der Waals surface area contributed by atoms with Crippen LogP contribution in [0.15, 0.2) is 77.7 Å². The fourth-order valence-corrected chi connectivity index (χ4v) is 3.88. The number of benzene rings is 3. The van der Waals surface area contributed by atoms with E-state index >= 15 is 0 Å². The highest BCUT2D eigenvalue weighted by molar-refractivity contribution is 7.90. The van der Waals surface area contributed by atoms with Gasteiger partial charge < -0.3 is 10.6 Å². The summed E-state index contributed by atoms with van der Waals surface area (Å²) in [7, 11) is -3.54. The molecule has 0 aliphatic heterocycles. The van der Waals surface area contributed by atoms with Gasteiger partial charge in [0.1, 0.15) is 5.82 Å². The quantitative estimate of drug-likeness (QED) is 0.607. The number of halogens is 1. The van der Waals surface area contributed by atoms with E-state index in [2.05, 4.69) is 10.6 Å². The molecule has 1 unspecified atom stereocenters. The van der Waals surface area contributed by atoms with E-state index in [1.165, 1.54) is 36.4 Å². The Morgan fingerprint density at radius 3 is 2.10 bits per heavy atom. The van der Waals surface area contributed by atoms with E-state index in [4.69, 9.17) is 0 Å². The molecule has 0 radical (unpaired) electrons. The summed E-state index contributed by atoms with van der Waals surface area (Å²) in [5.41, 5.74) is 1.72. The van der Waals surface area contributed by atoms with Gasteiger partial charge in [0.2, 0.25) is 0 Å². The van der Waals surface area contributed by atoms with E-state index < -0.39 is 27.6 Å². The summed E-state index contributed by atoms with van der Waals surface area (Å²) in [4.78, 5) is 24.8. The lowest BCUT2D eigenvalue weighted by Crippen LogP contribution is -2.28. The number of carbonyl (C=O) groups excluding carboxylic acids is 2. The third-order valence-corrected chi connectivity index (χ3v) is 5.81. The van der Waals surface area contributed by atoms with E-state index in [1.807, 2.05) is 0 Å². The average Bonchev–Trinajstić information content (AvgIpc) is 2.74. The molecule has 3 aromatic rings. The fraction of sp³-hybridized carbons (Fsp3) is 0.130. The van der Waals surface area contributed by atoms with Crippen LogP contribution in [0.5, 0.6) is 0 Å². The van der Waals surface area contributed by atoms with Crippen molar-refractivity contribution in [2.24, 2.45) is 0 Å². The van der Waals surface area contributed by atoms with Gasteiger partial charge in [0.05, 0.1) is 16.5 Å². The molecular weight excluding hydrogens is 419 g/mol. The van der Waals surface area contributed by atoms with Gasteiger partial charge in [-0.15, -0.1) is 0 Å². The molecule has 0 aliphatic carbocycles. The van der Waals surface area contributed by atoms with Crippen LogP contribution in [0.3, 0.4) is 0 Å². The Kier molecular flexibility index (Phi) is 6.50. The second-order valence-electron chi connectivity index (χ2n) is 7.05. The van der Waals surface area contributed by atoms with Gasteiger partial charge in [0.15, 0.2) is 9.84 Å². The smallest absolute Gasteiger partial charge is 0.255 e. The molecule has 0 bridgehead atoms. The van der Waals surface area contributed by atoms with Crippen molar-refractivity contribution in [1.29, 1.82) is 0 Å². The van der Waals surface area contributed by atoms with Gasteiger partial charge in [-0.25, -0.2) is 12.8 Å². The molecule has 1 atom stereocenters. The minimum atomic E-state index is -3.54. The lowest BCUT2D eigenvalue weighted by Gasteiger charge is -2.16. The number of rotatable bonds is 6. The third kappa shape index (κ3) is 5.55. The number of amides is 2. The first-order valence-corrected chi connectivity index (χ1v) is 11.3. The Balaban J connectivity index is 1.68. The van der Waals surface area contributed by atoms with Crippen molar-refractivity contribution in [2.45, 2.75) is 17.9 Å². The molecule has 2 amide bonds. The predicted molar refractivity (Wildman–Crippen MR) is 116 cm³/mol. The number of nitrogens with one attached hydrogen (secondary N) is 2. The zero-order valence-electron chi connectivity index (χ0n) is 16.9. The largest absolute Gasteiger partial charge is 0.345 e. The average molecular weight is 440 g/mol. The number of hydrogen-bond acceptors (Lipinski definition) is 4. The van der Waals surface area contributed by atoms with E-state index in [-0.39, 0.29) is 16.4 Å². The zero-order valence-corrected chi connectivity index (χ0v) is 17.7. The first-order valence-electron chi connectivity index (χ1n) is 9.42. The van der Waals surface area contributed by atoms with Crippen LogP contribution in [0.25, 0.3) is 0 Å². The Morgan fingerprint density at radius 2 is 1.48 bits per heavy atom. The molecule has 0 saturated heterocycles. The molecule has 0 aromatic heterocycles. The summed E-state index contributed by atoms with van der Waals surface area (Å²) in [6, 6.07) is 17.7. The summed E-state index contributed by atoms with van der Waals surface area (Å²) < 4.78 is 36.8. The van der Waals surface area contributed by atoms with Crippen LogP contribution >= 0.6 is 0 Å². The standard InChI is InChI=1S/C23H21FN2O4S/c1-15(25-23(28)20-5-3-4-6-21(20)31(2,29)30)16-9-13-19(14-10-16)26-22(27)17-7-11-18(24)12-8-17/h3-15H,1-2H3,(H,25,28)(H,26,27). The summed E-state index contributed by atoms with van der Waals surface area (Å²) in [5, 5.41) is 5.51. The maximum atomic E-state index is 13.0. The zero-order chi connectivity index (χ0) is 22.6. The van der Waals surface area contributed by atoms with Gasteiger partial charge in [-0.2, -0.15) is 0 Å². The van der Waals surface area contributed by atoms with Crippen molar-refractivity contribution in [1.82, 2.24) is 5.32 Å². The van der Waals surface area contributed by atoms with Crippen molar-refractivity contribution in [3.8, 4) is 0 Å². The van der Waals surface area contributed by atoms with E-state index in [0.717, 1.165) is 11.8 Å². The minimum absolute atomic E-state index is 0.0291. The van der Waals surface area contributed by atoms with Crippen molar-refractivity contribution >= 4 is 27.3 Å². The maximum Gasteiger partial charge on any atom is 0.255 e. The van der Waals surface area contributed by atoms with Crippen molar-refractivity contribution in [3.05, 3.63) is 95.3 Å². The molecule has 0 heterocycles. The lowest BCUT2D eigenvalue weighted by molar-refractivity contribution is 0.0936. The molecule has 3 rings (SSSR count). The number of carbonyl (C=O) groups is 2. The Bertz CT molecular complexity index is 1210. The highest BCUT2D eigenvalue weighted by atomic mass is 32.2. The molecule has 3 aromatic carbocycles. The van der Waals surface area contributed by atoms with Crippen molar-refractivity contribution < 1.29 is 22.4 Å². The molecule has 160 valence electrons. The molecule has 0 saturated carbocycles. The van der Waals surface area contributed by atoms with Gasteiger partial charge in [-0.3, -0.25) is 9.59 Å². The van der Waals surface area contributed by atoms with Crippen LogP contribution in [0.1, 0.15) is 39.2 Å². The number of hydrogen-bond donors (Lipinski definition) is 2. The summed E-state index contributed by atoms with van der Waals surface area (Å²) in [6.07, 6.45) is 1.06. The van der Waals surface area contributed by atoms with Crippen LogP contribution in [-0.2, 0) is 9.84 Å². The SMILES string of the molecule is CC(NC(=O)c1ccccc1S(C)(=O)=O)c1ccc(NC(=O)c2ccc(F)cc2)cc1. The second kappa shape index (κ2) is 9.09. The second-order valence-corrected chi connectivity index (χ2v) is 9.03. The highest BCUT2D eigenvalue weighted by Gasteiger charge is 2.19. The number of anilines is 1. The maximum absolute atomic E-state index is 13.0. The van der Waals surface area contributed by atoms with Crippen LogP contribution < -0.4 is 10.6 Å². The van der Waals surface area contributed by atoms with Gasteiger partial charge in [0.25, 0.3) is 11.8 Å². The van der Waals surface area contributed by atoms with E-state index in [9.17, 15) is 22.4 Å². The van der Waals surface area contributed by atoms with Gasteiger partial charge in [0, 0.05) is 17.5 Å². The third-order valence-electron chi connectivity index (χ3n) is 4.65. The van der Waals surface area contributed by atoms with Gasteiger partial charge >= 0.3 is 0 Å². The molecule has 2 N–H and O–H groups in total. The molecule has 0 aliphatic rings. The molecule has 0 spiro atoms. The minimum Gasteiger partial charge on any atom is -0.345 e. The predicted octanol–water partition coefficient (Wildman–Crippen LogP) is 3.97. The Morgan fingerprint density at radius 1 is 0.871 bits per heavy atom. The topological polar surface area (TPSA) is 92.3 Å². The van der Waals surface area contributed by atoms with E-state index in [1.54, 1.807) is 43.3 Å². The molecule has 6 nitrogen and oxygen atoms in total. The van der Waals surface area contributed by atoms with Crippen LogP contribution in [0.4, 0.5) is 10.1 Å². The first-order chi connectivity index (χ1) is 14.6. The fourth-order valence-electron chi connectivity index (χ4n) is 2.99. The van der Waals surface area contributed by atoms with Crippen LogP contribution in [0, 0.1) is 5.82 Å². The molecule has 31 heavy (non-hydrogen) atoms. The number of sulfone groups is 1. The molecule has 8 heteroatoms. The summed E-state index contributed by atoms with van der Waals surface area (Å²) in [5.74, 6) is -1.29. The molecular formula is C23H21FN2O4S. The molecule has 0 fully saturated rings. The Labute approximate surface area is 180 Å². The lowest BCUT2D eigenvalue weighted by atomic mass is 10.1. The summed E-state index contributed by atoms with van der Waals surface area (Å²) in [6.45, 7) is 1.77. The van der Waals surface area contributed by atoms with Gasteiger partial charge in [-0.05, 0) is 61.0 Å². The van der Waals surface area contributed by atoms with Crippen LogP contribution in [-0.4, -0.2) is 26.5 Å².